The van der Waals surface area contributed by atoms with Crippen molar-refractivity contribution in [3.05, 3.63) is 36.7 Å². The van der Waals surface area contributed by atoms with Crippen LogP contribution in [-0.2, 0) is 4.79 Å². The lowest BCUT2D eigenvalue weighted by atomic mass is 10.2. The van der Waals surface area contributed by atoms with Gasteiger partial charge in [-0.25, -0.2) is 0 Å². The van der Waals surface area contributed by atoms with Gasteiger partial charge in [0.05, 0.1) is 5.69 Å². The first-order valence-corrected chi connectivity index (χ1v) is 4.24. The van der Waals surface area contributed by atoms with Gasteiger partial charge in [-0.1, -0.05) is 33.1 Å². The molecule has 0 N–H and O–H groups in total. The quantitative estimate of drug-likeness (QED) is 0.651. The minimum absolute atomic E-state index is 0.740. The second-order valence-corrected chi connectivity index (χ2v) is 2.08. The van der Waals surface area contributed by atoms with Gasteiger partial charge in [-0.2, -0.15) is 0 Å². The number of aromatic nitrogens is 1. The monoisotopic (exact) mass is 177 g/mol. The van der Waals surface area contributed by atoms with Crippen molar-refractivity contribution in [3.8, 4) is 0 Å². The Morgan fingerprint density at radius 1 is 1.31 bits per heavy atom. The largest absolute Gasteiger partial charge is 0.290 e. The van der Waals surface area contributed by atoms with Gasteiger partial charge in [-0.15, -0.1) is 0 Å². The molecule has 0 aliphatic carbocycles. The summed E-state index contributed by atoms with van der Waals surface area (Å²) in [6.07, 6.45) is 5.74. The highest BCUT2D eigenvalue weighted by Gasteiger charge is 2.00. The van der Waals surface area contributed by atoms with E-state index in [4.69, 9.17) is 0 Å². The van der Waals surface area contributed by atoms with E-state index < -0.39 is 0 Å². The summed E-state index contributed by atoms with van der Waals surface area (Å²) >= 11 is 0. The van der Waals surface area contributed by atoms with Crippen LogP contribution in [0.15, 0.2) is 25.4 Å². The highest BCUT2D eigenvalue weighted by Crippen LogP contribution is 2.11. The van der Waals surface area contributed by atoms with Crippen LogP contribution in [0.25, 0.3) is 12.2 Å². The molecule has 1 aromatic heterocycles. The van der Waals surface area contributed by atoms with Gasteiger partial charge in [0.25, 0.3) is 0 Å². The van der Waals surface area contributed by atoms with Crippen LogP contribution < -0.4 is 0 Å². The molecule has 1 heterocycles. The molecule has 0 saturated carbocycles. The average molecular weight is 177 g/mol. The first-order chi connectivity index (χ1) is 6.33. The second-order valence-electron chi connectivity index (χ2n) is 2.08. The molecule has 0 radical (unpaired) electrons. The Balaban J connectivity index is 0.000000671. The van der Waals surface area contributed by atoms with Crippen molar-refractivity contribution in [3.63, 3.8) is 0 Å². The minimum Gasteiger partial charge on any atom is -0.290 e. The first-order valence-electron chi connectivity index (χ1n) is 4.24. The van der Waals surface area contributed by atoms with Gasteiger partial charge in [0.1, 0.15) is 0 Å². The summed E-state index contributed by atoms with van der Waals surface area (Å²) in [7, 11) is 0. The van der Waals surface area contributed by atoms with E-state index >= 15 is 0 Å². The third-order valence-corrected chi connectivity index (χ3v) is 1.52. The smallest absolute Gasteiger partial charge is 0.218 e. The van der Waals surface area contributed by atoms with Crippen molar-refractivity contribution in [1.82, 2.24) is 4.57 Å². The Labute approximate surface area is 79.2 Å². The summed E-state index contributed by atoms with van der Waals surface area (Å²) in [5.74, 6) is 0. The van der Waals surface area contributed by atoms with Crippen molar-refractivity contribution in [1.29, 1.82) is 0 Å². The molecule has 2 nitrogen and oxygen atoms in total. The molecule has 0 aliphatic rings. The lowest BCUT2D eigenvalue weighted by Crippen LogP contribution is -1.94. The van der Waals surface area contributed by atoms with E-state index in [0.29, 0.717) is 0 Å². The van der Waals surface area contributed by atoms with Crippen molar-refractivity contribution in [2.24, 2.45) is 0 Å². The summed E-state index contributed by atoms with van der Waals surface area (Å²) < 4.78 is 1.46. The zero-order chi connectivity index (χ0) is 10.3. The van der Waals surface area contributed by atoms with Gasteiger partial charge in [-0.3, -0.25) is 9.36 Å². The van der Waals surface area contributed by atoms with E-state index in [0.717, 1.165) is 17.7 Å². The number of carbonyl (C=O) groups is 1. The van der Waals surface area contributed by atoms with E-state index in [1.807, 2.05) is 19.9 Å². The Morgan fingerprint density at radius 2 is 1.92 bits per heavy atom. The van der Waals surface area contributed by atoms with Gasteiger partial charge in [0.2, 0.25) is 6.41 Å². The van der Waals surface area contributed by atoms with Crippen LogP contribution in [0.1, 0.15) is 25.1 Å². The van der Waals surface area contributed by atoms with E-state index in [2.05, 4.69) is 13.2 Å². The predicted molar refractivity (Wildman–Crippen MR) is 58.1 cm³/mol. The lowest BCUT2D eigenvalue weighted by Gasteiger charge is -1.94. The van der Waals surface area contributed by atoms with Crippen molar-refractivity contribution in [2.45, 2.75) is 13.8 Å². The van der Waals surface area contributed by atoms with Crippen LogP contribution in [0, 0.1) is 0 Å². The topological polar surface area (TPSA) is 22.0 Å². The highest BCUT2D eigenvalue weighted by molar-refractivity contribution is 5.68. The summed E-state index contributed by atoms with van der Waals surface area (Å²) in [5, 5.41) is 0. The maximum Gasteiger partial charge on any atom is 0.218 e. The number of hydrogen-bond donors (Lipinski definition) is 0. The second kappa shape index (κ2) is 6.00. The Morgan fingerprint density at radius 3 is 2.31 bits per heavy atom. The van der Waals surface area contributed by atoms with Crippen molar-refractivity contribution in [2.75, 3.05) is 0 Å². The van der Waals surface area contributed by atoms with Gasteiger partial charge >= 0.3 is 0 Å². The summed E-state index contributed by atoms with van der Waals surface area (Å²) in [6, 6.07) is 1.82. The third kappa shape index (κ3) is 2.44. The standard InChI is InChI=1S/C9H9NO.C2H6/c1-3-8-5-6-10(7-11)9(8)4-2;1-2/h3-7H,1-2H2;1-2H3. The Hall–Kier alpha value is -1.57. The van der Waals surface area contributed by atoms with Crippen LogP contribution in [0.5, 0.6) is 0 Å². The molecule has 1 rings (SSSR count). The maximum atomic E-state index is 10.4. The molecule has 0 spiro atoms. The lowest BCUT2D eigenvalue weighted by molar-refractivity contribution is 0.547. The molecule has 0 atom stereocenters. The molecule has 1 aromatic rings. The molecule has 0 fully saturated rings. The van der Waals surface area contributed by atoms with Crippen LogP contribution >= 0.6 is 0 Å². The minimum atomic E-state index is 0.740. The average Bonchev–Trinajstić information content (AvgIpc) is 2.62. The third-order valence-electron chi connectivity index (χ3n) is 1.52. The zero-order valence-corrected chi connectivity index (χ0v) is 8.16. The van der Waals surface area contributed by atoms with E-state index in [1.54, 1.807) is 18.3 Å². The molecule has 0 aromatic carbocycles. The Bertz CT molecular complexity index is 272. The molecule has 0 amide bonds. The van der Waals surface area contributed by atoms with E-state index in [-0.39, 0.29) is 0 Å². The molecular weight excluding hydrogens is 162 g/mol. The molecule has 0 bridgehead atoms. The molecule has 0 saturated heterocycles. The normalized spacial score (nSPS) is 8.15. The van der Waals surface area contributed by atoms with Crippen molar-refractivity contribution >= 4 is 18.6 Å². The van der Waals surface area contributed by atoms with Crippen LogP contribution in [-0.4, -0.2) is 11.0 Å². The van der Waals surface area contributed by atoms with Gasteiger partial charge in [0, 0.05) is 6.20 Å². The zero-order valence-electron chi connectivity index (χ0n) is 8.16. The van der Waals surface area contributed by atoms with Gasteiger partial charge in [-0.05, 0) is 17.7 Å². The van der Waals surface area contributed by atoms with E-state index in [9.17, 15) is 4.79 Å². The molecule has 13 heavy (non-hydrogen) atoms. The molecular formula is C11H15NO. The fraction of sp³-hybridized carbons (Fsp3) is 0.182. The number of hydrogen-bond acceptors (Lipinski definition) is 1. The van der Waals surface area contributed by atoms with Gasteiger partial charge in [0.15, 0.2) is 0 Å². The van der Waals surface area contributed by atoms with E-state index in [1.165, 1.54) is 4.57 Å². The van der Waals surface area contributed by atoms with Gasteiger partial charge < -0.3 is 0 Å². The Kier molecular flexibility index (Phi) is 5.28. The summed E-state index contributed by atoms with van der Waals surface area (Å²) in [6.45, 7) is 11.2. The number of nitrogens with zero attached hydrogens (tertiary/aromatic N) is 1. The number of rotatable bonds is 3. The predicted octanol–water partition coefficient (Wildman–Crippen LogP) is 2.84. The maximum absolute atomic E-state index is 10.4. The highest BCUT2D eigenvalue weighted by atomic mass is 16.1. The molecule has 70 valence electrons. The van der Waals surface area contributed by atoms with Crippen molar-refractivity contribution < 1.29 is 4.79 Å². The SMILES string of the molecule is C=Cc1ccn(C=O)c1C=C.CC. The first kappa shape index (κ1) is 11.4. The fourth-order valence-corrected chi connectivity index (χ4v) is 0.963. The summed E-state index contributed by atoms with van der Waals surface area (Å²) in [4.78, 5) is 10.4. The number of carbonyl (C=O) groups excluding carboxylic acids is 1. The fourth-order valence-electron chi connectivity index (χ4n) is 0.963. The molecule has 0 unspecified atom stereocenters. The molecule has 0 aliphatic heterocycles. The van der Waals surface area contributed by atoms with Crippen LogP contribution in [0.3, 0.4) is 0 Å². The van der Waals surface area contributed by atoms with Crippen LogP contribution in [0.2, 0.25) is 0 Å². The summed E-state index contributed by atoms with van der Waals surface area (Å²) in [5.41, 5.74) is 1.71. The molecule has 2 heteroatoms. The van der Waals surface area contributed by atoms with Crippen LogP contribution in [0.4, 0.5) is 0 Å².